The van der Waals surface area contributed by atoms with Crippen molar-refractivity contribution in [1.29, 1.82) is 0 Å². The van der Waals surface area contributed by atoms with Gasteiger partial charge in [-0.25, -0.2) is 0 Å². The number of hydrogen-bond acceptors (Lipinski definition) is 9. The number of aromatic nitrogens is 2. The Hall–Kier alpha value is -4.64. The Morgan fingerprint density at radius 3 is 2.37 bits per heavy atom. The zero-order chi connectivity index (χ0) is 32.0. The van der Waals surface area contributed by atoms with Gasteiger partial charge in [0.2, 0.25) is 5.13 Å². The van der Waals surface area contributed by atoms with Crippen molar-refractivity contribution in [2.24, 2.45) is 0 Å². The molecule has 232 valence electrons. The molecule has 2 heterocycles. The molecule has 11 heteroatoms. The molecule has 0 radical (unpaired) electrons. The van der Waals surface area contributed by atoms with E-state index in [0.717, 1.165) is 11.1 Å². The van der Waals surface area contributed by atoms with Crippen molar-refractivity contribution in [3.8, 4) is 11.5 Å². The van der Waals surface area contributed by atoms with Gasteiger partial charge in [-0.05, 0) is 41.8 Å². The van der Waals surface area contributed by atoms with Crippen molar-refractivity contribution in [2.75, 3.05) is 11.5 Å². The van der Waals surface area contributed by atoms with E-state index in [1.54, 1.807) is 48.5 Å². The van der Waals surface area contributed by atoms with E-state index in [4.69, 9.17) is 21.1 Å². The predicted octanol–water partition coefficient (Wildman–Crippen LogP) is 8.09. The average molecular weight is 670 g/mol. The fraction of sp³-hybridized carbons (Fsp3) is 0.143. The summed E-state index contributed by atoms with van der Waals surface area (Å²) in [5.41, 5.74) is 2.81. The Bertz CT molecular complexity index is 1900. The molecule has 4 aromatic carbocycles. The first-order valence-electron chi connectivity index (χ1n) is 14.4. The molecule has 1 unspecified atom stereocenters. The number of ether oxygens (including phenoxy) is 2. The SMILES string of the molecule is CCOc1cc(C2C(=C(O)c3ccccc3)C(=O)C(=O)N2c2nnc(SCc3ccccc3Cl)s2)ccc1OCc1ccccc1. The number of thioether (sulfide) groups is 1. The standard InChI is InChI=1S/C35H28ClN3O5S2/c1-2-43-28-19-24(17-18-27(28)44-20-22-11-5-3-6-12-22)30-29(31(40)23-13-7-4-8-14-23)32(41)33(42)39(30)34-37-38-35(46-34)45-21-25-15-9-10-16-26(25)36/h3-19,30,40H,2,20-21H2,1H3. The molecule has 5 aromatic rings. The van der Waals surface area contributed by atoms with E-state index in [-0.39, 0.29) is 16.5 Å². The second-order valence-electron chi connectivity index (χ2n) is 10.2. The van der Waals surface area contributed by atoms with Gasteiger partial charge in [-0.2, -0.15) is 0 Å². The second kappa shape index (κ2) is 14.2. The number of hydrogen-bond donors (Lipinski definition) is 1. The second-order valence-corrected chi connectivity index (χ2v) is 12.8. The van der Waals surface area contributed by atoms with Crippen LogP contribution in [0, 0.1) is 0 Å². The van der Waals surface area contributed by atoms with Gasteiger partial charge in [-0.1, -0.05) is 120 Å². The summed E-state index contributed by atoms with van der Waals surface area (Å²) in [6.07, 6.45) is 0. The summed E-state index contributed by atoms with van der Waals surface area (Å²) in [6.45, 7) is 2.54. The zero-order valence-electron chi connectivity index (χ0n) is 24.6. The zero-order valence-corrected chi connectivity index (χ0v) is 27.0. The Morgan fingerprint density at radius 2 is 1.63 bits per heavy atom. The number of carbonyl (C=O) groups is 2. The Kier molecular flexibility index (Phi) is 9.68. The molecular formula is C35H28ClN3O5S2. The minimum Gasteiger partial charge on any atom is -0.507 e. The highest BCUT2D eigenvalue weighted by Crippen LogP contribution is 2.46. The van der Waals surface area contributed by atoms with Crippen LogP contribution in [0.2, 0.25) is 5.02 Å². The molecule has 0 bridgehead atoms. The van der Waals surface area contributed by atoms with Crippen LogP contribution in [-0.4, -0.2) is 33.6 Å². The average Bonchev–Trinajstić information content (AvgIpc) is 3.66. The van der Waals surface area contributed by atoms with Crippen LogP contribution in [-0.2, 0) is 21.9 Å². The lowest BCUT2D eigenvalue weighted by Gasteiger charge is -2.23. The third-order valence-electron chi connectivity index (χ3n) is 7.22. The summed E-state index contributed by atoms with van der Waals surface area (Å²) >= 11 is 8.94. The molecular weight excluding hydrogens is 642 g/mol. The van der Waals surface area contributed by atoms with Gasteiger partial charge in [0.1, 0.15) is 12.4 Å². The Balaban J connectivity index is 1.39. The van der Waals surface area contributed by atoms with Crippen molar-refractivity contribution >= 4 is 57.3 Å². The maximum atomic E-state index is 13.7. The highest BCUT2D eigenvalue weighted by Gasteiger charge is 2.48. The molecule has 1 saturated heterocycles. The molecule has 0 spiro atoms. The number of Topliss-reactive ketones (excluding diaryl/α,β-unsaturated/α-hetero) is 1. The maximum absolute atomic E-state index is 13.7. The highest BCUT2D eigenvalue weighted by atomic mass is 35.5. The predicted molar refractivity (Wildman–Crippen MR) is 181 cm³/mol. The van der Waals surface area contributed by atoms with E-state index in [1.807, 2.05) is 61.5 Å². The topological polar surface area (TPSA) is 102 Å². The van der Waals surface area contributed by atoms with Crippen molar-refractivity contribution in [3.05, 3.63) is 136 Å². The van der Waals surface area contributed by atoms with Crippen LogP contribution in [0.1, 0.15) is 35.2 Å². The lowest BCUT2D eigenvalue weighted by molar-refractivity contribution is -0.132. The summed E-state index contributed by atoms with van der Waals surface area (Å²) in [6, 6.07) is 30.2. The monoisotopic (exact) mass is 669 g/mol. The molecule has 1 N–H and O–H groups in total. The minimum absolute atomic E-state index is 0.0583. The van der Waals surface area contributed by atoms with Gasteiger partial charge in [0, 0.05) is 16.3 Å². The lowest BCUT2D eigenvalue weighted by Crippen LogP contribution is -2.29. The van der Waals surface area contributed by atoms with Crippen LogP contribution in [0.4, 0.5) is 5.13 Å². The first-order valence-corrected chi connectivity index (χ1v) is 16.6. The van der Waals surface area contributed by atoms with E-state index >= 15 is 0 Å². The fourth-order valence-corrected chi connectivity index (χ4v) is 7.18. The number of anilines is 1. The number of aliphatic hydroxyl groups excluding tert-OH is 1. The molecule has 0 saturated carbocycles. The summed E-state index contributed by atoms with van der Waals surface area (Å²) in [5.74, 6) is -0.435. The molecule has 6 rings (SSSR count). The largest absolute Gasteiger partial charge is 0.507 e. The van der Waals surface area contributed by atoms with E-state index in [9.17, 15) is 14.7 Å². The number of rotatable bonds is 11. The van der Waals surface area contributed by atoms with Gasteiger partial charge < -0.3 is 14.6 Å². The van der Waals surface area contributed by atoms with E-state index in [1.165, 1.54) is 28.0 Å². The van der Waals surface area contributed by atoms with Crippen molar-refractivity contribution in [3.63, 3.8) is 0 Å². The Labute approximate surface area is 279 Å². The number of nitrogens with zero attached hydrogens (tertiary/aromatic N) is 3. The van der Waals surface area contributed by atoms with Gasteiger partial charge in [0.05, 0.1) is 18.2 Å². The third-order valence-corrected chi connectivity index (χ3v) is 9.70. The number of amides is 1. The van der Waals surface area contributed by atoms with Crippen LogP contribution in [0.25, 0.3) is 5.76 Å². The van der Waals surface area contributed by atoms with Gasteiger partial charge in [0.25, 0.3) is 5.78 Å². The molecule has 1 aromatic heterocycles. The molecule has 0 aliphatic carbocycles. The summed E-state index contributed by atoms with van der Waals surface area (Å²) in [7, 11) is 0. The number of aliphatic hydroxyl groups is 1. The fourth-order valence-electron chi connectivity index (χ4n) is 5.03. The smallest absolute Gasteiger partial charge is 0.301 e. The number of ketones is 1. The number of benzene rings is 4. The first-order chi connectivity index (χ1) is 22.4. The van der Waals surface area contributed by atoms with Gasteiger partial charge in [-0.3, -0.25) is 14.5 Å². The first kappa shape index (κ1) is 31.3. The van der Waals surface area contributed by atoms with Crippen LogP contribution in [0.3, 0.4) is 0 Å². The lowest BCUT2D eigenvalue weighted by atomic mass is 9.95. The molecule has 1 atom stereocenters. The molecule has 8 nitrogen and oxygen atoms in total. The molecule has 1 fully saturated rings. The van der Waals surface area contributed by atoms with Gasteiger partial charge in [0.15, 0.2) is 15.8 Å². The molecule has 1 aliphatic rings. The van der Waals surface area contributed by atoms with Gasteiger partial charge >= 0.3 is 5.91 Å². The van der Waals surface area contributed by atoms with E-state index in [0.29, 0.717) is 51.0 Å². The highest BCUT2D eigenvalue weighted by molar-refractivity contribution is 8.00. The molecule has 1 amide bonds. The number of halogens is 1. The maximum Gasteiger partial charge on any atom is 0.301 e. The van der Waals surface area contributed by atoms with Crippen LogP contribution >= 0.6 is 34.7 Å². The summed E-state index contributed by atoms with van der Waals surface area (Å²) < 4.78 is 12.7. The quantitative estimate of drug-likeness (QED) is 0.0495. The normalized spacial score (nSPS) is 15.7. The minimum atomic E-state index is -1.00. The third kappa shape index (κ3) is 6.64. The van der Waals surface area contributed by atoms with Crippen LogP contribution in [0.5, 0.6) is 11.5 Å². The van der Waals surface area contributed by atoms with Crippen LogP contribution < -0.4 is 14.4 Å². The van der Waals surface area contributed by atoms with Crippen molar-refractivity contribution < 1.29 is 24.2 Å². The summed E-state index contributed by atoms with van der Waals surface area (Å²) in [4.78, 5) is 28.6. The van der Waals surface area contributed by atoms with Crippen molar-refractivity contribution in [1.82, 2.24) is 10.2 Å². The van der Waals surface area contributed by atoms with E-state index in [2.05, 4.69) is 10.2 Å². The van der Waals surface area contributed by atoms with Crippen molar-refractivity contribution in [2.45, 2.75) is 29.7 Å². The Morgan fingerprint density at radius 1 is 0.913 bits per heavy atom. The number of carbonyl (C=O) groups excluding carboxylic acids is 2. The van der Waals surface area contributed by atoms with Gasteiger partial charge in [-0.15, -0.1) is 10.2 Å². The summed E-state index contributed by atoms with van der Waals surface area (Å²) in [5, 5.41) is 20.9. The van der Waals surface area contributed by atoms with E-state index < -0.39 is 17.7 Å². The molecule has 1 aliphatic heterocycles. The van der Waals surface area contributed by atoms with Crippen LogP contribution in [0.15, 0.2) is 113 Å². The molecule has 46 heavy (non-hydrogen) atoms.